The molecule has 9 nitrogen and oxygen atoms in total. The van der Waals surface area contributed by atoms with Crippen LogP contribution in [-0.2, 0) is 9.53 Å². The summed E-state index contributed by atoms with van der Waals surface area (Å²) in [4.78, 5) is 20.4. The van der Waals surface area contributed by atoms with Crippen LogP contribution in [0.15, 0.2) is 24.3 Å². The molecule has 1 aromatic carbocycles. The first-order chi connectivity index (χ1) is 13.0. The van der Waals surface area contributed by atoms with Gasteiger partial charge in [0.2, 0.25) is 11.8 Å². The monoisotopic (exact) mass is 376 g/mol. The number of piperazine rings is 1. The van der Waals surface area contributed by atoms with Gasteiger partial charge in [-0.15, -0.1) is 0 Å². The summed E-state index contributed by atoms with van der Waals surface area (Å²) in [5, 5.41) is 21.5. The topological polar surface area (TPSA) is 117 Å². The van der Waals surface area contributed by atoms with Gasteiger partial charge in [-0.05, 0) is 12.1 Å². The molecular weight excluding hydrogens is 352 g/mol. The number of carbonyl (C=O) groups is 1. The molecule has 1 aromatic heterocycles. The number of benzene rings is 1. The van der Waals surface area contributed by atoms with Crippen molar-refractivity contribution in [1.29, 1.82) is 0 Å². The number of fused-ring (bicyclic) bond motifs is 1. The molecule has 9 heteroatoms. The van der Waals surface area contributed by atoms with E-state index in [1.54, 1.807) is 0 Å². The number of hydrogen-bond acceptors (Lipinski definition) is 8. The number of para-hydroxylation sites is 1. The molecule has 2 atom stereocenters. The summed E-state index contributed by atoms with van der Waals surface area (Å²) in [5.41, 5.74) is 0.847. The minimum absolute atomic E-state index is 0.304. The third kappa shape index (κ3) is 5.03. The number of aromatic nitrogens is 2. The molecule has 0 spiro atoms. The van der Waals surface area contributed by atoms with Gasteiger partial charge in [0.1, 0.15) is 6.10 Å². The molecule has 0 radical (unpaired) electrons. The van der Waals surface area contributed by atoms with Gasteiger partial charge >= 0.3 is 0 Å². The number of hydrogen-bond donors (Lipinski definition) is 3. The molecule has 0 bridgehead atoms. The normalized spacial score (nSPS) is 22.2. The first kappa shape index (κ1) is 19.3. The zero-order valence-corrected chi connectivity index (χ0v) is 15.2. The van der Waals surface area contributed by atoms with Crippen molar-refractivity contribution in [2.45, 2.75) is 19.1 Å². The lowest BCUT2D eigenvalue weighted by Crippen LogP contribution is -2.44. The Labute approximate surface area is 156 Å². The number of aliphatic hydroxyl groups is 1. The molecular formula is C18H24N4O5. The summed E-state index contributed by atoms with van der Waals surface area (Å²) in [6.07, 6.45) is -1.00. The van der Waals surface area contributed by atoms with E-state index in [9.17, 15) is 5.11 Å². The fourth-order valence-corrected chi connectivity index (χ4v) is 2.91. The third-order valence-electron chi connectivity index (χ3n) is 4.22. The molecule has 2 aliphatic heterocycles. The Kier molecular flexibility index (Phi) is 6.38. The van der Waals surface area contributed by atoms with Crippen LogP contribution in [0.25, 0.3) is 10.9 Å². The molecule has 27 heavy (non-hydrogen) atoms. The summed E-state index contributed by atoms with van der Waals surface area (Å²) in [7, 11) is 0. The lowest BCUT2D eigenvalue weighted by atomic mass is 10.2. The first-order valence-electron chi connectivity index (χ1n) is 8.89. The molecule has 3 heterocycles. The lowest BCUT2D eigenvalue weighted by molar-refractivity contribution is -0.134. The second kappa shape index (κ2) is 8.94. The number of aliphatic hydroxyl groups excluding tert-OH is 1. The van der Waals surface area contributed by atoms with Crippen molar-refractivity contribution in [2.24, 2.45) is 0 Å². The number of aliphatic carboxylic acids is 1. The van der Waals surface area contributed by atoms with Crippen LogP contribution >= 0.6 is 0 Å². The van der Waals surface area contributed by atoms with Crippen molar-refractivity contribution in [2.75, 3.05) is 44.3 Å². The highest BCUT2D eigenvalue weighted by Crippen LogP contribution is 2.27. The van der Waals surface area contributed by atoms with E-state index in [1.165, 1.54) is 0 Å². The van der Waals surface area contributed by atoms with E-state index in [1.807, 2.05) is 24.3 Å². The Bertz CT molecular complexity index is 777. The molecule has 0 saturated carbocycles. The van der Waals surface area contributed by atoms with Gasteiger partial charge in [0, 0.05) is 33.1 Å². The highest BCUT2D eigenvalue weighted by atomic mass is 16.6. The average Bonchev–Trinajstić information content (AvgIpc) is 3.06. The Hall–Kier alpha value is -2.49. The van der Waals surface area contributed by atoms with Crippen LogP contribution in [0.3, 0.4) is 0 Å². The smallest absolute Gasteiger partial charge is 0.300 e. The first-order valence-corrected chi connectivity index (χ1v) is 8.89. The third-order valence-corrected chi connectivity index (χ3v) is 4.22. The minimum atomic E-state index is -0.833. The summed E-state index contributed by atoms with van der Waals surface area (Å²) < 4.78 is 11.2. The standard InChI is InChI=1S/C16H20N4O3.C2H4O2/c21-13-9-22-10-14(13)23-15-11-3-1-2-4-12(11)18-16(19-15)20-7-5-17-6-8-20;1-2(3)4/h1-4,13-14,17,21H,5-10H2;1H3,(H,3,4)/t13-,14-;/m1./s1. The highest BCUT2D eigenvalue weighted by Gasteiger charge is 2.29. The van der Waals surface area contributed by atoms with Gasteiger partial charge in [-0.25, -0.2) is 4.98 Å². The van der Waals surface area contributed by atoms with Crippen molar-refractivity contribution in [3.05, 3.63) is 24.3 Å². The number of carboxylic acid groups (broad SMARTS) is 1. The number of carboxylic acids is 1. The summed E-state index contributed by atoms with van der Waals surface area (Å²) in [6.45, 7) is 5.34. The molecule has 2 saturated heterocycles. The van der Waals surface area contributed by atoms with E-state index in [4.69, 9.17) is 19.4 Å². The summed E-state index contributed by atoms with van der Waals surface area (Å²) in [6, 6.07) is 7.78. The Morgan fingerprint density at radius 2 is 1.96 bits per heavy atom. The van der Waals surface area contributed by atoms with E-state index >= 15 is 0 Å². The molecule has 0 amide bonds. The van der Waals surface area contributed by atoms with Crippen LogP contribution in [-0.4, -0.2) is 77.8 Å². The highest BCUT2D eigenvalue weighted by molar-refractivity contribution is 5.84. The van der Waals surface area contributed by atoms with Gasteiger partial charge in [0.25, 0.3) is 5.97 Å². The number of anilines is 1. The van der Waals surface area contributed by atoms with Gasteiger partial charge in [0.05, 0.1) is 24.1 Å². The Morgan fingerprint density at radius 1 is 1.26 bits per heavy atom. The fourth-order valence-electron chi connectivity index (χ4n) is 2.91. The molecule has 2 aromatic rings. The zero-order chi connectivity index (χ0) is 19.2. The fraction of sp³-hybridized carbons (Fsp3) is 0.500. The average molecular weight is 376 g/mol. The van der Waals surface area contributed by atoms with E-state index in [0.717, 1.165) is 44.0 Å². The second-order valence-corrected chi connectivity index (χ2v) is 6.36. The van der Waals surface area contributed by atoms with Gasteiger partial charge < -0.3 is 29.9 Å². The maximum atomic E-state index is 9.93. The quantitative estimate of drug-likeness (QED) is 0.694. The lowest BCUT2D eigenvalue weighted by Gasteiger charge is -2.28. The number of nitrogens with one attached hydrogen (secondary N) is 1. The molecule has 2 fully saturated rings. The van der Waals surface area contributed by atoms with Crippen LogP contribution in [0, 0.1) is 0 Å². The molecule has 146 valence electrons. The molecule has 0 unspecified atom stereocenters. The molecule has 4 rings (SSSR count). The molecule has 2 aliphatic rings. The Morgan fingerprint density at radius 3 is 2.63 bits per heavy atom. The van der Waals surface area contributed by atoms with Gasteiger partial charge in [-0.1, -0.05) is 12.1 Å². The predicted octanol–water partition coefficient (Wildman–Crippen LogP) is 0.269. The zero-order valence-electron chi connectivity index (χ0n) is 15.2. The maximum Gasteiger partial charge on any atom is 0.300 e. The van der Waals surface area contributed by atoms with Crippen LogP contribution in [0.4, 0.5) is 5.95 Å². The minimum Gasteiger partial charge on any atom is -0.481 e. The second-order valence-electron chi connectivity index (χ2n) is 6.36. The summed E-state index contributed by atoms with van der Waals surface area (Å²) >= 11 is 0. The van der Waals surface area contributed by atoms with Crippen LogP contribution < -0.4 is 15.0 Å². The number of ether oxygens (including phenoxy) is 2. The summed E-state index contributed by atoms with van der Waals surface area (Å²) in [5.74, 6) is 0.354. The van der Waals surface area contributed by atoms with Gasteiger partial charge in [0.15, 0.2) is 6.10 Å². The predicted molar refractivity (Wildman–Crippen MR) is 99.2 cm³/mol. The van der Waals surface area contributed by atoms with E-state index in [0.29, 0.717) is 25.0 Å². The van der Waals surface area contributed by atoms with Crippen molar-refractivity contribution >= 4 is 22.8 Å². The van der Waals surface area contributed by atoms with Crippen molar-refractivity contribution in [3.63, 3.8) is 0 Å². The van der Waals surface area contributed by atoms with E-state index in [-0.39, 0.29) is 6.10 Å². The number of rotatable bonds is 3. The van der Waals surface area contributed by atoms with Gasteiger partial charge in [-0.2, -0.15) is 4.98 Å². The van der Waals surface area contributed by atoms with Crippen molar-refractivity contribution in [1.82, 2.24) is 15.3 Å². The van der Waals surface area contributed by atoms with Crippen molar-refractivity contribution in [3.8, 4) is 5.88 Å². The SMILES string of the molecule is CC(=O)O.O[C@@H]1COC[C@H]1Oc1nc(N2CCNCC2)nc2ccccc12. The van der Waals surface area contributed by atoms with Crippen LogP contribution in [0.1, 0.15) is 6.92 Å². The van der Waals surface area contributed by atoms with E-state index < -0.39 is 12.1 Å². The van der Waals surface area contributed by atoms with Crippen LogP contribution in [0.5, 0.6) is 5.88 Å². The van der Waals surface area contributed by atoms with Gasteiger partial charge in [-0.3, -0.25) is 4.79 Å². The maximum absolute atomic E-state index is 9.93. The largest absolute Gasteiger partial charge is 0.481 e. The van der Waals surface area contributed by atoms with E-state index in [2.05, 4.69) is 20.2 Å². The van der Waals surface area contributed by atoms with Crippen molar-refractivity contribution < 1.29 is 24.5 Å². The molecule has 3 N–H and O–H groups in total. The number of nitrogens with zero attached hydrogens (tertiary/aromatic N) is 3. The molecule has 0 aliphatic carbocycles. The van der Waals surface area contributed by atoms with Crippen LogP contribution in [0.2, 0.25) is 0 Å². The Balaban J connectivity index is 0.000000481.